The molecular weight excluding hydrogens is 370 g/mol. The number of benzene rings is 2. The number of carbonyl (C=O) groups is 1. The molecule has 7 nitrogen and oxygen atoms in total. The van der Waals surface area contributed by atoms with Crippen LogP contribution in [0.1, 0.15) is 6.42 Å². The van der Waals surface area contributed by atoms with Gasteiger partial charge in [-0.2, -0.15) is 0 Å². The van der Waals surface area contributed by atoms with Crippen LogP contribution < -0.4 is 5.32 Å². The molecule has 3 N–H and O–H groups in total. The van der Waals surface area contributed by atoms with Gasteiger partial charge in [0.05, 0.1) is 36.4 Å². The molecule has 2 aromatic carbocycles. The topological polar surface area (TPSA) is 94.9 Å². The number of pyridine rings is 1. The highest BCUT2D eigenvalue weighted by molar-refractivity contribution is 6.07. The number of rotatable bonds is 11. The molecule has 1 heterocycles. The van der Waals surface area contributed by atoms with E-state index in [1.165, 1.54) is 0 Å². The summed E-state index contributed by atoms with van der Waals surface area (Å²) in [6.45, 7) is 2.08. The highest BCUT2D eigenvalue weighted by Crippen LogP contribution is 2.30. The quantitative estimate of drug-likeness (QED) is 0.337. The van der Waals surface area contributed by atoms with Crippen molar-refractivity contribution < 1.29 is 19.7 Å². The highest BCUT2D eigenvalue weighted by Gasteiger charge is 2.10. The van der Waals surface area contributed by atoms with Gasteiger partial charge in [0.2, 0.25) is 0 Å². The Hall–Kier alpha value is -2.74. The monoisotopic (exact) mass is 397 g/mol. The van der Waals surface area contributed by atoms with Gasteiger partial charge >= 0.3 is 5.97 Å². The van der Waals surface area contributed by atoms with Crippen LogP contribution in [0.15, 0.2) is 48.5 Å². The lowest BCUT2D eigenvalue weighted by Gasteiger charge is -2.19. The van der Waals surface area contributed by atoms with E-state index in [0.717, 1.165) is 27.5 Å². The number of nitrogens with one attached hydrogen (secondary N) is 1. The predicted octanol–water partition coefficient (Wildman–Crippen LogP) is 2.02. The number of fused-ring (bicyclic) bond motifs is 2. The van der Waals surface area contributed by atoms with Crippen molar-refractivity contribution in [3.63, 3.8) is 0 Å². The number of ether oxygens (including phenoxy) is 1. The van der Waals surface area contributed by atoms with Gasteiger partial charge in [-0.15, -0.1) is 0 Å². The second-order valence-corrected chi connectivity index (χ2v) is 6.71. The summed E-state index contributed by atoms with van der Waals surface area (Å²) in [4.78, 5) is 18.6. The minimum absolute atomic E-state index is 0.00567. The van der Waals surface area contributed by atoms with Crippen LogP contribution in [0.5, 0.6) is 0 Å². The molecular formula is C22H27N3O4. The van der Waals surface area contributed by atoms with Crippen LogP contribution in [-0.4, -0.2) is 72.1 Å². The zero-order valence-corrected chi connectivity index (χ0v) is 16.4. The molecule has 0 bridgehead atoms. The zero-order valence-electron chi connectivity index (χ0n) is 16.4. The lowest BCUT2D eigenvalue weighted by molar-refractivity contribution is -0.143. The van der Waals surface area contributed by atoms with Crippen molar-refractivity contribution in [3.05, 3.63) is 48.5 Å². The maximum absolute atomic E-state index is 12.1. The third-order valence-corrected chi connectivity index (χ3v) is 4.72. The smallest absolute Gasteiger partial charge is 0.307 e. The van der Waals surface area contributed by atoms with E-state index < -0.39 is 0 Å². The Balaban J connectivity index is 1.57. The Morgan fingerprint density at radius 3 is 2.10 bits per heavy atom. The number of para-hydroxylation sites is 2. The molecule has 0 amide bonds. The third kappa shape index (κ3) is 5.63. The second kappa shape index (κ2) is 10.7. The van der Waals surface area contributed by atoms with Crippen LogP contribution in [0.4, 0.5) is 5.69 Å². The fourth-order valence-electron chi connectivity index (χ4n) is 3.30. The van der Waals surface area contributed by atoms with E-state index in [4.69, 9.17) is 19.9 Å². The molecule has 0 fully saturated rings. The van der Waals surface area contributed by atoms with E-state index in [9.17, 15) is 4.79 Å². The van der Waals surface area contributed by atoms with Gasteiger partial charge in [0, 0.05) is 37.0 Å². The number of aliphatic hydroxyl groups is 2. The predicted molar refractivity (Wildman–Crippen MR) is 114 cm³/mol. The van der Waals surface area contributed by atoms with E-state index in [-0.39, 0.29) is 32.2 Å². The van der Waals surface area contributed by atoms with Crippen molar-refractivity contribution in [2.45, 2.75) is 6.42 Å². The summed E-state index contributed by atoms with van der Waals surface area (Å²) in [7, 11) is 0. The molecule has 0 saturated carbocycles. The van der Waals surface area contributed by atoms with Gasteiger partial charge in [0.15, 0.2) is 0 Å². The van der Waals surface area contributed by atoms with Crippen LogP contribution in [-0.2, 0) is 9.53 Å². The summed E-state index contributed by atoms with van der Waals surface area (Å²) in [5, 5.41) is 23.4. The first-order valence-electron chi connectivity index (χ1n) is 9.84. The van der Waals surface area contributed by atoms with Crippen LogP contribution in [0.25, 0.3) is 21.8 Å². The first-order chi connectivity index (χ1) is 14.2. The Morgan fingerprint density at radius 2 is 1.52 bits per heavy atom. The average Bonchev–Trinajstić information content (AvgIpc) is 2.73. The van der Waals surface area contributed by atoms with Crippen LogP contribution in [0.3, 0.4) is 0 Å². The van der Waals surface area contributed by atoms with Gasteiger partial charge in [-0.3, -0.25) is 9.69 Å². The van der Waals surface area contributed by atoms with Gasteiger partial charge in [-0.05, 0) is 12.1 Å². The fraction of sp³-hybridized carbons (Fsp3) is 0.364. The van der Waals surface area contributed by atoms with Gasteiger partial charge in [0.25, 0.3) is 0 Å². The number of anilines is 1. The Bertz CT molecular complexity index is 888. The summed E-state index contributed by atoms with van der Waals surface area (Å²) in [5.41, 5.74) is 2.78. The molecule has 0 unspecified atom stereocenters. The maximum Gasteiger partial charge on any atom is 0.307 e. The Morgan fingerprint density at radius 1 is 0.931 bits per heavy atom. The molecule has 1 aromatic heterocycles. The standard InChI is InChI=1S/C22H27N3O4/c26-14-11-25(12-15-27)13-16-29-21(28)9-10-23-22-17-5-1-3-7-19(17)24-20-8-4-2-6-18(20)22/h1-8,26-27H,9-16H2,(H,23,24). The van der Waals surface area contributed by atoms with Crippen molar-refractivity contribution in [2.24, 2.45) is 0 Å². The molecule has 0 saturated heterocycles. The van der Waals surface area contributed by atoms with Crippen molar-refractivity contribution in [3.8, 4) is 0 Å². The number of aliphatic hydroxyl groups excluding tert-OH is 2. The van der Waals surface area contributed by atoms with Crippen LogP contribution in [0, 0.1) is 0 Å². The minimum Gasteiger partial charge on any atom is -0.464 e. The summed E-state index contributed by atoms with van der Waals surface area (Å²) < 4.78 is 5.28. The average molecular weight is 397 g/mol. The number of hydrogen-bond acceptors (Lipinski definition) is 7. The van der Waals surface area contributed by atoms with Crippen molar-refractivity contribution in [1.29, 1.82) is 0 Å². The van der Waals surface area contributed by atoms with E-state index in [1.54, 1.807) is 0 Å². The molecule has 0 atom stereocenters. The van der Waals surface area contributed by atoms with E-state index >= 15 is 0 Å². The molecule has 7 heteroatoms. The third-order valence-electron chi connectivity index (χ3n) is 4.72. The van der Waals surface area contributed by atoms with Gasteiger partial charge in [-0.1, -0.05) is 36.4 Å². The van der Waals surface area contributed by atoms with Gasteiger partial charge in [-0.25, -0.2) is 4.98 Å². The summed E-state index contributed by atoms with van der Waals surface area (Å²) in [6, 6.07) is 15.9. The molecule has 0 radical (unpaired) electrons. The largest absolute Gasteiger partial charge is 0.464 e. The summed E-state index contributed by atoms with van der Waals surface area (Å²) in [5.74, 6) is -0.284. The molecule has 0 spiro atoms. The number of nitrogens with zero attached hydrogens (tertiary/aromatic N) is 2. The van der Waals surface area contributed by atoms with Crippen LogP contribution in [0.2, 0.25) is 0 Å². The summed E-state index contributed by atoms with van der Waals surface area (Å²) >= 11 is 0. The molecule has 0 aliphatic rings. The lowest BCUT2D eigenvalue weighted by atomic mass is 10.1. The van der Waals surface area contributed by atoms with Crippen molar-refractivity contribution >= 4 is 33.5 Å². The molecule has 3 rings (SSSR count). The van der Waals surface area contributed by atoms with E-state index in [1.807, 2.05) is 53.4 Å². The maximum atomic E-state index is 12.1. The normalized spacial score (nSPS) is 11.3. The highest BCUT2D eigenvalue weighted by atomic mass is 16.5. The SMILES string of the molecule is O=C(CCNc1c2ccccc2nc2ccccc12)OCCN(CCO)CCO. The molecule has 29 heavy (non-hydrogen) atoms. The van der Waals surface area contributed by atoms with E-state index in [2.05, 4.69) is 5.32 Å². The Labute approximate surface area is 169 Å². The first kappa shape index (κ1) is 21.0. The number of hydrogen-bond donors (Lipinski definition) is 3. The van der Waals surface area contributed by atoms with E-state index in [0.29, 0.717) is 26.2 Å². The second-order valence-electron chi connectivity index (χ2n) is 6.71. The lowest BCUT2D eigenvalue weighted by Crippen LogP contribution is -2.33. The number of esters is 1. The summed E-state index contributed by atoms with van der Waals surface area (Å²) in [6.07, 6.45) is 0.241. The molecule has 0 aliphatic heterocycles. The first-order valence-corrected chi connectivity index (χ1v) is 9.84. The van der Waals surface area contributed by atoms with Crippen molar-refractivity contribution in [2.75, 3.05) is 51.3 Å². The number of aromatic nitrogens is 1. The fourth-order valence-corrected chi connectivity index (χ4v) is 3.30. The van der Waals surface area contributed by atoms with Gasteiger partial charge in [0.1, 0.15) is 6.61 Å². The molecule has 0 aliphatic carbocycles. The molecule has 3 aromatic rings. The Kier molecular flexibility index (Phi) is 7.75. The van der Waals surface area contributed by atoms with Crippen LogP contribution >= 0.6 is 0 Å². The minimum atomic E-state index is -0.284. The zero-order chi connectivity index (χ0) is 20.5. The van der Waals surface area contributed by atoms with Crippen molar-refractivity contribution in [1.82, 2.24) is 9.88 Å². The number of carbonyl (C=O) groups excluding carboxylic acids is 1. The molecule has 154 valence electrons. The van der Waals surface area contributed by atoms with Gasteiger partial charge < -0.3 is 20.3 Å².